The van der Waals surface area contributed by atoms with Gasteiger partial charge in [0.15, 0.2) is 0 Å². The standard InChI is InChI=1S/C32H37P/c1-30(2,3)21-18-27(31(4,5)6)29(28(19-21)32(7,8)9)33-20-26-24-16-12-10-14-22(24)23-15-11-13-17-25(23)26/h10-19H,1-9H3. The van der Waals surface area contributed by atoms with Crippen molar-refractivity contribution in [3.63, 3.8) is 0 Å². The molecule has 3 aromatic rings. The van der Waals surface area contributed by atoms with E-state index >= 15 is 0 Å². The molecular formula is C32H37P. The van der Waals surface area contributed by atoms with Crippen molar-refractivity contribution >= 4 is 24.5 Å². The highest BCUT2D eigenvalue weighted by Crippen LogP contribution is 2.43. The van der Waals surface area contributed by atoms with Crippen molar-refractivity contribution in [3.8, 4) is 11.1 Å². The summed E-state index contributed by atoms with van der Waals surface area (Å²) in [4.78, 5) is 0. The van der Waals surface area contributed by atoms with E-state index in [2.05, 4.69) is 128 Å². The van der Waals surface area contributed by atoms with Gasteiger partial charge in [-0.25, -0.2) is 0 Å². The molecule has 0 radical (unpaired) electrons. The number of benzene rings is 3. The van der Waals surface area contributed by atoms with Crippen molar-refractivity contribution in [2.24, 2.45) is 0 Å². The Morgan fingerprint density at radius 1 is 0.545 bits per heavy atom. The summed E-state index contributed by atoms with van der Waals surface area (Å²) in [6.45, 7) is 21.0. The van der Waals surface area contributed by atoms with E-state index in [4.69, 9.17) is 0 Å². The van der Waals surface area contributed by atoms with E-state index in [1.54, 1.807) is 0 Å². The van der Waals surface area contributed by atoms with Crippen LogP contribution in [0.15, 0.2) is 60.7 Å². The van der Waals surface area contributed by atoms with Crippen LogP contribution >= 0.6 is 8.20 Å². The second-order valence-electron chi connectivity index (χ2n) is 12.4. The van der Waals surface area contributed by atoms with E-state index in [0.29, 0.717) is 0 Å². The molecule has 0 heterocycles. The monoisotopic (exact) mass is 452 g/mol. The Bertz CT molecular complexity index is 1190. The molecule has 0 spiro atoms. The van der Waals surface area contributed by atoms with Crippen molar-refractivity contribution in [1.29, 1.82) is 0 Å². The molecule has 0 bridgehead atoms. The van der Waals surface area contributed by atoms with Crippen LogP contribution in [0, 0.1) is 0 Å². The lowest BCUT2D eigenvalue weighted by atomic mass is 9.75. The summed E-state index contributed by atoms with van der Waals surface area (Å²) < 4.78 is 0. The first-order chi connectivity index (χ1) is 15.3. The van der Waals surface area contributed by atoms with Gasteiger partial charge >= 0.3 is 0 Å². The maximum absolute atomic E-state index is 3.88. The summed E-state index contributed by atoms with van der Waals surface area (Å²) in [6, 6.07) is 22.4. The van der Waals surface area contributed by atoms with Crippen LogP contribution in [0.1, 0.15) is 90.1 Å². The zero-order valence-corrected chi connectivity index (χ0v) is 22.6. The lowest BCUT2D eigenvalue weighted by Crippen LogP contribution is -2.29. The Labute approximate surface area is 202 Å². The quantitative estimate of drug-likeness (QED) is 0.253. The fraction of sp³-hybridized carbons (Fsp3) is 0.375. The molecule has 170 valence electrons. The fourth-order valence-corrected chi connectivity index (χ4v) is 6.09. The smallest absolute Gasteiger partial charge is 0.0370 e. The molecule has 4 rings (SSSR count). The van der Waals surface area contributed by atoms with Crippen molar-refractivity contribution in [2.45, 2.75) is 78.6 Å². The average molecular weight is 453 g/mol. The minimum atomic E-state index is 0.0570. The summed E-state index contributed by atoms with van der Waals surface area (Å²) in [6.07, 6.45) is 0. The van der Waals surface area contributed by atoms with Crippen molar-refractivity contribution in [2.75, 3.05) is 0 Å². The van der Waals surface area contributed by atoms with E-state index in [1.165, 1.54) is 49.8 Å². The van der Waals surface area contributed by atoms with E-state index in [0.717, 1.165) is 8.20 Å². The zero-order valence-electron chi connectivity index (χ0n) is 21.7. The largest absolute Gasteiger partial charge is 0.0793 e. The maximum atomic E-state index is 3.88. The van der Waals surface area contributed by atoms with E-state index < -0.39 is 0 Å². The molecule has 1 aliphatic rings. The first-order valence-electron chi connectivity index (χ1n) is 12.0. The molecule has 3 aromatic carbocycles. The topological polar surface area (TPSA) is 0 Å². The second-order valence-corrected chi connectivity index (χ2v) is 13.3. The SMILES string of the molecule is CC(C)(C)c1cc(C(C)(C)C)c(P=C=C2c3ccccc3-c3ccccc32)c(C(C)(C)C)c1. The van der Waals surface area contributed by atoms with Gasteiger partial charge in [0.05, 0.1) is 0 Å². The second kappa shape index (κ2) is 8.13. The molecule has 0 aliphatic heterocycles. The molecule has 0 nitrogen and oxygen atoms in total. The molecular weight excluding hydrogens is 415 g/mol. The van der Waals surface area contributed by atoms with Gasteiger partial charge in [-0.1, -0.05) is 128 Å². The molecule has 1 heteroatoms. The number of hydrogen-bond donors (Lipinski definition) is 0. The van der Waals surface area contributed by atoms with Crippen LogP contribution in [0.4, 0.5) is 0 Å². The molecule has 0 unspecified atom stereocenters. The summed E-state index contributed by atoms with van der Waals surface area (Å²) in [5, 5.41) is 1.41. The van der Waals surface area contributed by atoms with Crippen LogP contribution in [-0.4, -0.2) is 5.45 Å². The zero-order chi connectivity index (χ0) is 24.2. The van der Waals surface area contributed by atoms with E-state index in [-0.39, 0.29) is 16.2 Å². The van der Waals surface area contributed by atoms with Crippen LogP contribution < -0.4 is 5.30 Å². The van der Waals surface area contributed by atoms with E-state index in [1.807, 2.05) is 0 Å². The predicted molar refractivity (Wildman–Crippen MR) is 148 cm³/mol. The van der Waals surface area contributed by atoms with Gasteiger partial charge in [0.1, 0.15) is 0 Å². The van der Waals surface area contributed by atoms with Crippen LogP contribution in [0.5, 0.6) is 0 Å². The Morgan fingerprint density at radius 2 is 0.939 bits per heavy atom. The normalized spacial score (nSPS) is 13.7. The number of fused-ring (bicyclic) bond motifs is 3. The minimum absolute atomic E-state index is 0.0570. The molecule has 1 aliphatic carbocycles. The van der Waals surface area contributed by atoms with Crippen LogP contribution in [-0.2, 0) is 16.2 Å². The van der Waals surface area contributed by atoms with Gasteiger partial charge in [-0.2, -0.15) is 0 Å². The minimum Gasteiger partial charge on any atom is -0.0793 e. The van der Waals surface area contributed by atoms with Gasteiger partial charge in [-0.15, -0.1) is 0 Å². The van der Waals surface area contributed by atoms with Crippen molar-refractivity contribution in [3.05, 3.63) is 88.5 Å². The highest BCUT2D eigenvalue weighted by molar-refractivity contribution is 7.47. The third kappa shape index (κ3) is 4.53. The Kier molecular flexibility index (Phi) is 5.85. The Hall–Kier alpha value is -2.39. The highest BCUT2D eigenvalue weighted by atomic mass is 31.1. The number of rotatable bonds is 1. The van der Waals surface area contributed by atoms with Crippen LogP contribution in [0.2, 0.25) is 0 Å². The van der Waals surface area contributed by atoms with Crippen molar-refractivity contribution < 1.29 is 0 Å². The van der Waals surface area contributed by atoms with Crippen LogP contribution in [0.3, 0.4) is 0 Å². The van der Waals surface area contributed by atoms with Gasteiger partial charge < -0.3 is 0 Å². The average Bonchev–Trinajstić information content (AvgIpc) is 3.03. The molecule has 0 atom stereocenters. The summed E-state index contributed by atoms with van der Waals surface area (Å²) in [5.41, 5.74) is 14.9. The Morgan fingerprint density at radius 3 is 1.30 bits per heavy atom. The van der Waals surface area contributed by atoms with Gasteiger partial charge in [0.2, 0.25) is 0 Å². The van der Waals surface area contributed by atoms with Crippen LogP contribution in [0.25, 0.3) is 16.7 Å². The molecule has 0 N–H and O–H groups in total. The molecule has 0 fully saturated rings. The molecule has 0 saturated heterocycles. The Balaban J connectivity index is 2.05. The third-order valence-corrected chi connectivity index (χ3v) is 7.60. The van der Waals surface area contributed by atoms with Gasteiger partial charge in [0.25, 0.3) is 0 Å². The molecule has 0 saturated carbocycles. The van der Waals surface area contributed by atoms with Gasteiger partial charge in [0, 0.05) is 10.9 Å². The molecule has 33 heavy (non-hydrogen) atoms. The van der Waals surface area contributed by atoms with Gasteiger partial charge in [-0.05, 0) is 63.4 Å². The lowest BCUT2D eigenvalue weighted by molar-refractivity contribution is 0.554. The van der Waals surface area contributed by atoms with Crippen molar-refractivity contribution in [1.82, 2.24) is 0 Å². The fourth-order valence-electron chi connectivity index (χ4n) is 4.58. The number of hydrogen-bond acceptors (Lipinski definition) is 0. The first kappa shape index (κ1) is 23.8. The highest BCUT2D eigenvalue weighted by Gasteiger charge is 2.29. The van der Waals surface area contributed by atoms with E-state index in [9.17, 15) is 0 Å². The predicted octanol–water partition coefficient (Wildman–Crippen LogP) is 8.66. The summed E-state index contributed by atoms with van der Waals surface area (Å²) in [5.74, 6) is 0. The third-order valence-electron chi connectivity index (χ3n) is 6.55. The van der Waals surface area contributed by atoms with Gasteiger partial charge in [-0.3, -0.25) is 0 Å². The summed E-state index contributed by atoms with van der Waals surface area (Å²) >= 11 is 0. The molecule has 0 aromatic heterocycles. The molecule has 0 amide bonds. The first-order valence-corrected chi connectivity index (χ1v) is 12.9. The lowest BCUT2D eigenvalue weighted by Gasteiger charge is -2.32. The maximum Gasteiger partial charge on any atom is 0.0370 e. The summed E-state index contributed by atoms with van der Waals surface area (Å²) in [7, 11) is 1.14.